The summed E-state index contributed by atoms with van der Waals surface area (Å²) in [6.45, 7) is 5.58. The average molecular weight is 428 g/mol. The van der Waals surface area contributed by atoms with Gasteiger partial charge in [-0.05, 0) is 52.8 Å². The summed E-state index contributed by atoms with van der Waals surface area (Å²) in [6.07, 6.45) is 2.77. The molecule has 2 N–H and O–H groups in total. The number of carbonyl (C=O) groups is 2. The first-order valence-corrected chi connectivity index (χ1v) is 9.92. The largest absolute Gasteiger partial charge is 0.496 e. The molecule has 1 saturated heterocycles. The third kappa shape index (κ3) is 7.17. The molecule has 1 aromatic carbocycles. The molecule has 3 unspecified atom stereocenters. The van der Waals surface area contributed by atoms with Crippen molar-refractivity contribution in [2.24, 2.45) is 0 Å². The zero-order valence-electron chi connectivity index (χ0n) is 17.8. The van der Waals surface area contributed by atoms with Crippen LogP contribution in [0.4, 0.5) is 0 Å². The van der Waals surface area contributed by atoms with E-state index in [4.69, 9.17) is 9.84 Å². The number of likely N-dealkylation sites (N-methyl/N-ethyl adjacent to an activating group) is 1. The van der Waals surface area contributed by atoms with Gasteiger partial charge in [-0.25, -0.2) is 0 Å². The summed E-state index contributed by atoms with van der Waals surface area (Å²) in [7, 11) is 3.49. The van der Waals surface area contributed by atoms with Crippen LogP contribution in [-0.2, 0) is 9.59 Å². The maximum atomic E-state index is 12.8. The number of aliphatic carboxylic acids is 1. The molecule has 1 fully saturated rings. The highest BCUT2D eigenvalue weighted by molar-refractivity contribution is 5.85. The Morgan fingerprint density at radius 2 is 1.97 bits per heavy atom. The number of carboxylic acids is 1. The van der Waals surface area contributed by atoms with Crippen LogP contribution < -0.4 is 10.1 Å². The van der Waals surface area contributed by atoms with Gasteiger partial charge >= 0.3 is 5.97 Å². The molecule has 164 valence electrons. The molecule has 29 heavy (non-hydrogen) atoms. The highest BCUT2D eigenvalue weighted by Crippen LogP contribution is 2.25. The van der Waals surface area contributed by atoms with Gasteiger partial charge in [-0.3, -0.25) is 19.4 Å². The van der Waals surface area contributed by atoms with Gasteiger partial charge in [0.25, 0.3) is 0 Å². The van der Waals surface area contributed by atoms with E-state index in [-0.39, 0.29) is 43.0 Å². The molecule has 2 rings (SSSR count). The van der Waals surface area contributed by atoms with Gasteiger partial charge in [0, 0.05) is 18.2 Å². The minimum absolute atomic E-state index is 0. The molecule has 1 aliphatic heterocycles. The van der Waals surface area contributed by atoms with Gasteiger partial charge in [0.2, 0.25) is 5.91 Å². The quantitative estimate of drug-likeness (QED) is 0.663. The van der Waals surface area contributed by atoms with E-state index in [2.05, 4.69) is 10.2 Å². The summed E-state index contributed by atoms with van der Waals surface area (Å²) in [5, 5.41) is 12.1. The van der Waals surface area contributed by atoms with Crippen molar-refractivity contribution in [3.05, 3.63) is 29.8 Å². The summed E-state index contributed by atoms with van der Waals surface area (Å²) < 4.78 is 5.39. The molecule has 1 aromatic rings. The topological polar surface area (TPSA) is 82.1 Å². The number of hydrogen-bond donors (Lipinski definition) is 2. The van der Waals surface area contributed by atoms with Crippen LogP contribution in [-0.4, -0.2) is 72.7 Å². The van der Waals surface area contributed by atoms with Crippen LogP contribution in [0.3, 0.4) is 0 Å². The lowest BCUT2D eigenvalue weighted by Gasteiger charge is -2.29. The van der Waals surface area contributed by atoms with Crippen molar-refractivity contribution in [2.75, 3.05) is 33.8 Å². The first kappa shape index (κ1) is 25.2. The molecule has 7 nitrogen and oxygen atoms in total. The van der Waals surface area contributed by atoms with Gasteiger partial charge in [-0.1, -0.05) is 18.2 Å². The van der Waals surface area contributed by atoms with Gasteiger partial charge in [-0.15, -0.1) is 12.4 Å². The Labute approximate surface area is 179 Å². The molecule has 1 aliphatic rings. The molecule has 1 heterocycles. The number of carbonyl (C=O) groups excluding carboxylic acids is 1. The number of likely N-dealkylation sites (tertiary alicyclic amines) is 1. The fourth-order valence-corrected chi connectivity index (χ4v) is 3.87. The van der Waals surface area contributed by atoms with Crippen LogP contribution in [0.2, 0.25) is 0 Å². The smallest absolute Gasteiger partial charge is 0.317 e. The number of nitrogens with zero attached hydrogens (tertiary/aromatic N) is 2. The van der Waals surface area contributed by atoms with Crippen molar-refractivity contribution in [1.29, 1.82) is 0 Å². The maximum absolute atomic E-state index is 12.8. The van der Waals surface area contributed by atoms with Gasteiger partial charge in [0.15, 0.2) is 0 Å². The third-order valence-corrected chi connectivity index (χ3v) is 5.63. The van der Waals surface area contributed by atoms with Gasteiger partial charge in [-0.2, -0.15) is 0 Å². The fraction of sp³-hybridized carbons (Fsp3) is 0.619. The van der Waals surface area contributed by atoms with Crippen LogP contribution in [0, 0.1) is 0 Å². The van der Waals surface area contributed by atoms with Crippen molar-refractivity contribution in [1.82, 2.24) is 15.1 Å². The predicted molar refractivity (Wildman–Crippen MR) is 116 cm³/mol. The summed E-state index contributed by atoms with van der Waals surface area (Å²) in [5.74, 6) is -0.0422. The van der Waals surface area contributed by atoms with Gasteiger partial charge < -0.3 is 15.2 Å². The number of carboxylic acid groups (broad SMARTS) is 1. The van der Waals surface area contributed by atoms with E-state index >= 15 is 0 Å². The van der Waals surface area contributed by atoms with Gasteiger partial charge in [0.1, 0.15) is 5.75 Å². The molecule has 0 spiro atoms. The van der Waals surface area contributed by atoms with Crippen molar-refractivity contribution in [3.8, 4) is 5.75 Å². The lowest BCUT2D eigenvalue weighted by atomic mass is 10.1. The van der Waals surface area contributed by atoms with Crippen LogP contribution in [0.5, 0.6) is 5.75 Å². The van der Waals surface area contributed by atoms with Crippen molar-refractivity contribution in [3.63, 3.8) is 0 Å². The maximum Gasteiger partial charge on any atom is 0.317 e. The minimum Gasteiger partial charge on any atom is -0.496 e. The highest BCUT2D eigenvalue weighted by atomic mass is 35.5. The van der Waals surface area contributed by atoms with E-state index in [0.29, 0.717) is 0 Å². The van der Waals surface area contributed by atoms with Gasteiger partial charge in [0.05, 0.1) is 25.7 Å². The number of halogens is 1. The second-order valence-electron chi connectivity index (χ2n) is 7.58. The molecule has 0 aliphatic carbocycles. The summed E-state index contributed by atoms with van der Waals surface area (Å²) in [4.78, 5) is 27.9. The van der Waals surface area contributed by atoms with E-state index in [1.54, 1.807) is 7.11 Å². The van der Waals surface area contributed by atoms with E-state index in [1.165, 1.54) is 0 Å². The molecule has 0 bridgehead atoms. The van der Waals surface area contributed by atoms with Crippen molar-refractivity contribution < 1.29 is 19.4 Å². The normalized spacial score (nSPS) is 19.6. The summed E-state index contributed by atoms with van der Waals surface area (Å²) in [6, 6.07) is 7.56. The molecule has 8 heteroatoms. The van der Waals surface area contributed by atoms with Crippen molar-refractivity contribution >= 4 is 24.3 Å². The second kappa shape index (κ2) is 12.0. The lowest BCUT2D eigenvalue weighted by Crippen LogP contribution is -2.46. The van der Waals surface area contributed by atoms with E-state index in [9.17, 15) is 9.59 Å². The molecular formula is C21H34ClN3O4. The monoisotopic (exact) mass is 427 g/mol. The van der Waals surface area contributed by atoms with E-state index in [1.807, 2.05) is 50.1 Å². The Balaban J connectivity index is 0.00000420. The molecule has 0 radical (unpaired) electrons. The fourth-order valence-electron chi connectivity index (χ4n) is 3.87. The Morgan fingerprint density at radius 1 is 1.28 bits per heavy atom. The van der Waals surface area contributed by atoms with Crippen LogP contribution >= 0.6 is 12.4 Å². The SMILES string of the molecule is COc1ccccc1C(C)NC(=O)C(C)N1CCCC(N(C)CC(=O)O)CC1.Cl. The molecular weight excluding hydrogens is 394 g/mol. The third-order valence-electron chi connectivity index (χ3n) is 5.63. The number of nitrogens with one attached hydrogen (secondary N) is 1. The number of amides is 1. The Bertz CT molecular complexity index is 673. The summed E-state index contributed by atoms with van der Waals surface area (Å²) in [5.41, 5.74) is 0.955. The molecule has 1 amide bonds. The first-order chi connectivity index (χ1) is 13.3. The predicted octanol–water partition coefficient (Wildman–Crippen LogP) is 2.55. The lowest BCUT2D eigenvalue weighted by molar-refractivity contribution is -0.138. The van der Waals surface area contributed by atoms with E-state index < -0.39 is 5.97 Å². The van der Waals surface area contributed by atoms with Crippen LogP contribution in [0.15, 0.2) is 24.3 Å². The average Bonchev–Trinajstić information content (AvgIpc) is 2.93. The van der Waals surface area contributed by atoms with Crippen molar-refractivity contribution in [2.45, 2.75) is 51.2 Å². The standard InChI is InChI=1S/C21H33N3O4.ClH/c1-15(18-9-5-6-10-19(18)28-4)22-21(27)16(2)24-12-7-8-17(11-13-24)23(3)14-20(25)26;/h5-6,9-10,15-17H,7-8,11-14H2,1-4H3,(H,22,27)(H,25,26);1H. The Kier molecular flexibility index (Phi) is 10.4. The molecule has 0 aromatic heterocycles. The number of ether oxygens (including phenoxy) is 1. The van der Waals surface area contributed by atoms with Crippen LogP contribution in [0.25, 0.3) is 0 Å². The first-order valence-electron chi connectivity index (χ1n) is 9.92. The molecule has 0 saturated carbocycles. The number of rotatable bonds is 8. The number of para-hydroxylation sites is 1. The van der Waals surface area contributed by atoms with Crippen LogP contribution in [0.1, 0.15) is 44.7 Å². The number of benzene rings is 1. The minimum atomic E-state index is -0.804. The Morgan fingerprint density at radius 3 is 2.62 bits per heavy atom. The zero-order chi connectivity index (χ0) is 20.7. The summed E-state index contributed by atoms with van der Waals surface area (Å²) >= 11 is 0. The molecule has 3 atom stereocenters. The van der Waals surface area contributed by atoms with E-state index in [0.717, 1.165) is 43.7 Å². The Hall–Kier alpha value is -1.83. The highest BCUT2D eigenvalue weighted by Gasteiger charge is 2.27. The number of methoxy groups -OCH3 is 1. The number of hydrogen-bond acceptors (Lipinski definition) is 5. The second-order valence-corrected chi connectivity index (χ2v) is 7.58. The zero-order valence-corrected chi connectivity index (χ0v) is 18.6.